The number of nitrogens with one attached hydrogen (secondary N) is 1. The quantitative estimate of drug-likeness (QED) is 0.344. The van der Waals surface area contributed by atoms with Crippen molar-refractivity contribution in [3.63, 3.8) is 0 Å². The highest BCUT2D eigenvalue weighted by atomic mass is 127. The average molecular weight is 564 g/mol. The van der Waals surface area contributed by atoms with E-state index in [0.29, 0.717) is 37.6 Å². The topological polar surface area (TPSA) is 65.0 Å². The number of benzene rings is 2. The van der Waals surface area contributed by atoms with Crippen LogP contribution in [0.2, 0.25) is 0 Å². The van der Waals surface area contributed by atoms with E-state index in [9.17, 15) is 17.2 Å². The Morgan fingerprint density at radius 1 is 1.06 bits per heavy atom. The SMILES string of the molecule is CN=C(NCCc1ccc(S(C)(=O)=O)cc1)N1CCN(c2cc(F)ccc2F)CC1.I. The molecular formula is C21H27F2IN4O2S. The van der Waals surface area contributed by atoms with Gasteiger partial charge >= 0.3 is 0 Å². The summed E-state index contributed by atoms with van der Waals surface area (Å²) in [6.45, 7) is 3.04. The lowest BCUT2D eigenvalue weighted by atomic mass is 10.1. The number of anilines is 1. The maximum Gasteiger partial charge on any atom is 0.193 e. The molecule has 6 nitrogen and oxygen atoms in total. The van der Waals surface area contributed by atoms with Crippen molar-refractivity contribution in [3.8, 4) is 0 Å². The van der Waals surface area contributed by atoms with Crippen LogP contribution >= 0.6 is 24.0 Å². The number of sulfone groups is 1. The second-order valence-electron chi connectivity index (χ2n) is 7.21. The van der Waals surface area contributed by atoms with Crippen LogP contribution in [-0.2, 0) is 16.3 Å². The summed E-state index contributed by atoms with van der Waals surface area (Å²) >= 11 is 0. The molecule has 2 aromatic carbocycles. The molecule has 0 amide bonds. The third kappa shape index (κ3) is 6.76. The first kappa shape index (κ1) is 25.3. The van der Waals surface area contributed by atoms with Crippen LogP contribution in [0.5, 0.6) is 0 Å². The van der Waals surface area contributed by atoms with Crippen LogP contribution in [0.15, 0.2) is 52.4 Å². The number of guanidine groups is 1. The van der Waals surface area contributed by atoms with Gasteiger partial charge in [0.05, 0.1) is 10.6 Å². The molecule has 10 heteroatoms. The van der Waals surface area contributed by atoms with Gasteiger partial charge in [-0.15, -0.1) is 24.0 Å². The van der Waals surface area contributed by atoms with Crippen LogP contribution in [-0.4, -0.2) is 65.3 Å². The Bertz CT molecular complexity index is 1010. The van der Waals surface area contributed by atoms with Gasteiger partial charge < -0.3 is 15.1 Å². The number of halogens is 3. The summed E-state index contributed by atoms with van der Waals surface area (Å²) in [6.07, 6.45) is 1.91. The van der Waals surface area contributed by atoms with Crippen LogP contribution in [0.25, 0.3) is 0 Å². The lowest BCUT2D eigenvalue weighted by molar-refractivity contribution is 0.371. The Hall–Kier alpha value is -1.95. The molecule has 0 bridgehead atoms. The summed E-state index contributed by atoms with van der Waals surface area (Å²) in [7, 11) is -1.48. The summed E-state index contributed by atoms with van der Waals surface area (Å²) in [5, 5.41) is 3.31. The molecule has 1 aliphatic rings. The molecule has 3 rings (SSSR count). The maximum atomic E-state index is 14.0. The van der Waals surface area contributed by atoms with E-state index in [-0.39, 0.29) is 29.7 Å². The number of hydrogen-bond acceptors (Lipinski definition) is 4. The number of piperazine rings is 1. The molecule has 1 N–H and O–H groups in total. The summed E-state index contributed by atoms with van der Waals surface area (Å²) in [6, 6.07) is 10.4. The van der Waals surface area contributed by atoms with Gasteiger partial charge in [0.25, 0.3) is 0 Å². The first-order valence-corrected chi connectivity index (χ1v) is 11.6. The van der Waals surface area contributed by atoms with Crippen molar-refractivity contribution < 1.29 is 17.2 Å². The Morgan fingerprint density at radius 3 is 2.29 bits per heavy atom. The molecule has 0 atom stereocenters. The standard InChI is InChI=1S/C21H26F2N4O2S.HI/c1-24-21(25-10-9-16-3-6-18(7-4-16)30(2,28)29)27-13-11-26(12-14-27)20-15-17(22)5-8-19(20)23;/h3-8,15H,9-14H2,1-2H3,(H,24,25);1H. The summed E-state index contributed by atoms with van der Waals surface area (Å²) in [5.74, 6) is -0.118. The predicted octanol–water partition coefficient (Wildman–Crippen LogP) is 2.93. The van der Waals surface area contributed by atoms with Gasteiger partial charge in [-0.3, -0.25) is 4.99 Å². The van der Waals surface area contributed by atoms with Gasteiger partial charge in [0, 0.05) is 52.1 Å². The number of rotatable bonds is 5. The molecule has 1 heterocycles. The van der Waals surface area contributed by atoms with E-state index in [1.165, 1.54) is 12.3 Å². The Balaban J connectivity index is 0.00000341. The molecule has 2 aromatic rings. The monoisotopic (exact) mass is 564 g/mol. The summed E-state index contributed by atoms with van der Waals surface area (Å²) in [4.78, 5) is 8.55. The van der Waals surface area contributed by atoms with E-state index in [0.717, 1.165) is 30.1 Å². The molecule has 0 radical (unpaired) electrons. The van der Waals surface area contributed by atoms with Gasteiger partial charge in [0.2, 0.25) is 0 Å². The van der Waals surface area contributed by atoms with E-state index in [2.05, 4.69) is 15.2 Å². The molecule has 0 unspecified atom stereocenters. The molecule has 31 heavy (non-hydrogen) atoms. The normalized spacial score (nSPS) is 14.9. The minimum Gasteiger partial charge on any atom is -0.366 e. The zero-order chi connectivity index (χ0) is 21.7. The molecule has 170 valence electrons. The van der Waals surface area contributed by atoms with Crippen molar-refractivity contribution in [1.82, 2.24) is 10.2 Å². The fourth-order valence-electron chi connectivity index (χ4n) is 3.44. The third-order valence-electron chi connectivity index (χ3n) is 5.09. The van der Waals surface area contributed by atoms with E-state index in [4.69, 9.17) is 0 Å². The highest BCUT2D eigenvalue weighted by Crippen LogP contribution is 2.22. The highest BCUT2D eigenvalue weighted by molar-refractivity contribution is 14.0. The fraction of sp³-hybridized carbons (Fsp3) is 0.381. The van der Waals surface area contributed by atoms with Gasteiger partial charge in [0.15, 0.2) is 15.8 Å². The van der Waals surface area contributed by atoms with E-state index >= 15 is 0 Å². The van der Waals surface area contributed by atoms with Crippen LogP contribution in [0, 0.1) is 11.6 Å². The second kappa shape index (κ2) is 11.1. The molecule has 0 saturated carbocycles. The number of nitrogens with zero attached hydrogens (tertiary/aromatic N) is 3. The molecule has 0 spiro atoms. The fourth-order valence-corrected chi connectivity index (χ4v) is 4.07. The Labute approximate surface area is 199 Å². The van der Waals surface area contributed by atoms with Gasteiger partial charge in [-0.1, -0.05) is 12.1 Å². The van der Waals surface area contributed by atoms with Crippen molar-refractivity contribution in [2.45, 2.75) is 11.3 Å². The van der Waals surface area contributed by atoms with E-state index in [1.807, 2.05) is 17.0 Å². The maximum absolute atomic E-state index is 14.0. The minimum absolute atomic E-state index is 0. The first-order chi connectivity index (χ1) is 14.3. The first-order valence-electron chi connectivity index (χ1n) is 9.72. The van der Waals surface area contributed by atoms with Gasteiger partial charge in [0.1, 0.15) is 11.6 Å². The Kier molecular flexibility index (Phi) is 9.04. The van der Waals surface area contributed by atoms with E-state index in [1.54, 1.807) is 19.2 Å². The van der Waals surface area contributed by atoms with Crippen molar-refractivity contribution in [1.29, 1.82) is 0 Å². The molecule has 1 saturated heterocycles. The molecule has 0 aliphatic carbocycles. The number of aliphatic imine (C=N–C) groups is 1. The Morgan fingerprint density at radius 2 is 1.71 bits per heavy atom. The third-order valence-corrected chi connectivity index (χ3v) is 6.22. The molecular weight excluding hydrogens is 537 g/mol. The lowest BCUT2D eigenvalue weighted by Crippen LogP contribution is -2.53. The smallest absolute Gasteiger partial charge is 0.193 e. The second-order valence-corrected chi connectivity index (χ2v) is 9.23. The molecule has 1 aliphatic heterocycles. The molecule has 0 aromatic heterocycles. The van der Waals surface area contributed by atoms with Crippen molar-refractivity contribution in [2.24, 2.45) is 4.99 Å². The van der Waals surface area contributed by atoms with Gasteiger partial charge in [-0.25, -0.2) is 17.2 Å². The van der Waals surface area contributed by atoms with Gasteiger partial charge in [-0.05, 0) is 36.2 Å². The lowest BCUT2D eigenvalue weighted by Gasteiger charge is -2.37. The van der Waals surface area contributed by atoms with Gasteiger partial charge in [-0.2, -0.15) is 0 Å². The van der Waals surface area contributed by atoms with Crippen LogP contribution in [0.1, 0.15) is 5.56 Å². The van der Waals surface area contributed by atoms with Crippen LogP contribution < -0.4 is 10.2 Å². The van der Waals surface area contributed by atoms with Crippen molar-refractivity contribution in [3.05, 3.63) is 59.7 Å². The summed E-state index contributed by atoms with van der Waals surface area (Å²) in [5.41, 5.74) is 1.31. The van der Waals surface area contributed by atoms with Crippen molar-refractivity contribution >= 4 is 45.5 Å². The molecule has 1 fully saturated rings. The predicted molar refractivity (Wildman–Crippen MR) is 130 cm³/mol. The average Bonchev–Trinajstić information content (AvgIpc) is 2.73. The summed E-state index contributed by atoms with van der Waals surface area (Å²) < 4.78 is 50.5. The largest absolute Gasteiger partial charge is 0.366 e. The van der Waals surface area contributed by atoms with Crippen molar-refractivity contribution in [2.75, 3.05) is 50.9 Å². The number of hydrogen-bond donors (Lipinski definition) is 1. The zero-order valence-corrected chi connectivity index (χ0v) is 20.7. The minimum atomic E-state index is -3.19. The zero-order valence-electron chi connectivity index (χ0n) is 17.5. The van der Waals surface area contributed by atoms with E-state index < -0.39 is 21.5 Å². The van der Waals surface area contributed by atoms with Crippen LogP contribution in [0.3, 0.4) is 0 Å². The van der Waals surface area contributed by atoms with Crippen LogP contribution in [0.4, 0.5) is 14.5 Å². The highest BCUT2D eigenvalue weighted by Gasteiger charge is 2.22.